The van der Waals surface area contributed by atoms with E-state index in [0.29, 0.717) is 6.54 Å². The number of fused-ring (bicyclic) bond motifs is 2. The molecule has 4 aromatic rings. The molecule has 0 saturated carbocycles. The molecule has 4 heterocycles. The van der Waals surface area contributed by atoms with Crippen LogP contribution in [0.15, 0.2) is 41.1 Å². The largest absolute Gasteiger partial charge is 0.458 e. The van der Waals surface area contributed by atoms with Crippen LogP contribution in [0, 0.1) is 6.92 Å². The van der Waals surface area contributed by atoms with Gasteiger partial charge in [-0.2, -0.15) is 0 Å². The summed E-state index contributed by atoms with van der Waals surface area (Å²) in [6.07, 6.45) is 2.66. The Morgan fingerprint density at radius 2 is 2.26 bits per heavy atom. The lowest BCUT2D eigenvalue weighted by molar-refractivity contribution is -0.133. The third-order valence-electron chi connectivity index (χ3n) is 4.83. The molecule has 0 bridgehead atoms. The lowest BCUT2D eigenvalue weighted by Crippen LogP contribution is -2.41. The number of aryl methyl sites for hydroxylation is 1. The normalized spacial score (nSPS) is 16.6. The molecular formula is C19H17N5O2S. The molecule has 3 aromatic heterocycles. The standard InChI is InChI=1S/C19H17N5O2S/c1-11-22-23-16(27-11)9-17(25)24-7-6-13-18(21-10-20-13)19(24)15-8-12-4-2-3-5-14(12)26-15/h2-5,8,10,19H,6-7,9H2,1H3,(H,20,21)/t19-/m1/s1. The van der Waals surface area contributed by atoms with E-state index in [9.17, 15) is 4.79 Å². The van der Waals surface area contributed by atoms with Gasteiger partial charge in [-0.05, 0) is 19.1 Å². The Labute approximate surface area is 159 Å². The molecule has 1 atom stereocenters. The molecule has 136 valence electrons. The number of hydrogen-bond acceptors (Lipinski definition) is 6. The van der Waals surface area contributed by atoms with Crippen LogP contribution in [0.2, 0.25) is 0 Å². The molecule has 0 radical (unpaired) electrons. The molecule has 8 heteroatoms. The van der Waals surface area contributed by atoms with Crippen molar-refractivity contribution in [1.29, 1.82) is 0 Å². The van der Waals surface area contributed by atoms with Gasteiger partial charge in [0.1, 0.15) is 27.4 Å². The van der Waals surface area contributed by atoms with E-state index in [2.05, 4.69) is 20.2 Å². The Hall–Kier alpha value is -3.00. The zero-order chi connectivity index (χ0) is 18.4. The molecule has 0 spiro atoms. The van der Waals surface area contributed by atoms with Gasteiger partial charge in [0.15, 0.2) is 0 Å². The second kappa shape index (κ2) is 6.31. The van der Waals surface area contributed by atoms with Crippen LogP contribution in [-0.4, -0.2) is 37.5 Å². The van der Waals surface area contributed by atoms with Crippen molar-refractivity contribution < 1.29 is 9.21 Å². The van der Waals surface area contributed by atoms with Gasteiger partial charge in [-0.15, -0.1) is 21.5 Å². The molecule has 0 fully saturated rings. The van der Waals surface area contributed by atoms with Gasteiger partial charge in [0.05, 0.1) is 18.4 Å². The van der Waals surface area contributed by atoms with Crippen LogP contribution >= 0.6 is 11.3 Å². The summed E-state index contributed by atoms with van der Waals surface area (Å²) in [6.45, 7) is 2.49. The zero-order valence-electron chi connectivity index (χ0n) is 14.7. The lowest BCUT2D eigenvalue weighted by Gasteiger charge is -2.33. The van der Waals surface area contributed by atoms with Crippen LogP contribution < -0.4 is 0 Å². The molecule has 0 unspecified atom stereocenters. The number of amides is 1. The summed E-state index contributed by atoms with van der Waals surface area (Å²) in [5.74, 6) is 0.733. The predicted molar refractivity (Wildman–Crippen MR) is 100 cm³/mol. The maximum Gasteiger partial charge on any atom is 0.230 e. The van der Waals surface area contributed by atoms with E-state index in [1.54, 1.807) is 6.33 Å². The fourth-order valence-corrected chi connectivity index (χ4v) is 4.31. The van der Waals surface area contributed by atoms with E-state index in [1.807, 2.05) is 42.2 Å². The molecule has 1 aliphatic heterocycles. The number of benzene rings is 1. The van der Waals surface area contributed by atoms with Gasteiger partial charge in [-0.3, -0.25) is 4.79 Å². The minimum absolute atomic E-state index is 0.00487. The average molecular weight is 379 g/mol. The summed E-state index contributed by atoms with van der Waals surface area (Å²) in [6, 6.07) is 9.52. The fourth-order valence-electron chi connectivity index (χ4n) is 3.61. The highest BCUT2D eigenvalue weighted by molar-refractivity contribution is 7.11. The van der Waals surface area contributed by atoms with Crippen molar-refractivity contribution >= 4 is 28.2 Å². The minimum Gasteiger partial charge on any atom is -0.458 e. The van der Waals surface area contributed by atoms with Gasteiger partial charge in [0.2, 0.25) is 5.91 Å². The topological polar surface area (TPSA) is 87.9 Å². The number of nitrogens with one attached hydrogen (secondary N) is 1. The third kappa shape index (κ3) is 2.82. The van der Waals surface area contributed by atoms with Crippen molar-refractivity contribution in [2.45, 2.75) is 25.8 Å². The van der Waals surface area contributed by atoms with Crippen molar-refractivity contribution in [3.63, 3.8) is 0 Å². The molecule has 1 N–H and O–H groups in total. The number of carbonyl (C=O) groups excluding carboxylic acids is 1. The molecule has 27 heavy (non-hydrogen) atoms. The molecule has 0 aliphatic carbocycles. The van der Waals surface area contributed by atoms with Gasteiger partial charge in [0.25, 0.3) is 0 Å². The number of imidazole rings is 1. The van der Waals surface area contributed by atoms with E-state index in [4.69, 9.17) is 4.42 Å². The molecule has 1 aromatic carbocycles. The highest BCUT2D eigenvalue weighted by atomic mass is 32.1. The first kappa shape index (κ1) is 16.2. The summed E-state index contributed by atoms with van der Waals surface area (Å²) in [4.78, 5) is 22.6. The zero-order valence-corrected chi connectivity index (χ0v) is 15.5. The van der Waals surface area contributed by atoms with Gasteiger partial charge < -0.3 is 14.3 Å². The fraction of sp³-hybridized carbons (Fsp3) is 0.263. The molecule has 7 nitrogen and oxygen atoms in total. The van der Waals surface area contributed by atoms with Crippen molar-refractivity contribution in [2.75, 3.05) is 6.54 Å². The maximum absolute atomic E-state index is 13.1. The minimum atomic E-state index is -0.339. The first-order valence-corrected chi connectivity index (χ1v) is 9.60. The number of rotatable bonds is 3. The SMILES string of the molecule is Cc1nnc(CC(=O)N2CCc3[nH]cnc3[C@H]2c2cc3ccccc3o2)s1. The Kier molecular flexibility index (Phi) is 3.78. The first-order chi connectivity index (χ1) is 13.2. The number of carbonyl (C=O) groups is 1. The van der Waals surface area contributed by atoms with Gasteiger partial charge >= 0.3 is 0 Å². The van der Waals surface area contributed by atoms with Crippen LogP contribution in [0.5, 0.6) is 0 Å². The van der Waals surface area contributed by atoms with Crippen LogP contribution in [0.25, 0.3) is 11.0 Å². The molecule has 1 amide bonds. The van der Waals surface area contributed by atoms with Crippen LogP contribution in [-0.2, 0) is 17.6 Å². The van der Waals surface area contributed by atoms with E-state index < -0.39 is 0 Å². The quantitative estimate of drug-likeness (QED) is 0.591. The van der Waals surface area contributed by atoms with Crippen molar-refractivity contribution in [2.24, 2.45) is 0 Å². The van der Waals surface area contributed by atoms with Crippen molar-refractivity contribution in [3.8, 4) is 0 Å². The van der Waals surface area contributed by atoms with E-state index in [-0.39, 0.29) is 18.4 Å². The van der Waals surface area contributed by atoms with Crippen molar-refractivity contribution in [1.82, 2.24) is 25.1 Å². The molecular weight excluding hydrogens is 362 g/mol. The Morgan fingerprint density at radius 3 is 3.07 bits per heavy atom. The van der Waals surface area contributed by atoms with Gasteiger partial charge in [-0.1, -0.05) is 18.2 Å². The maximum atomic E-state index is 13.1. The third-order valence-corrected chi connectivity index (χ3v) is 5.67. The summed E-state index contributed by atoms with van der Waals surface area (Å²) in [7, 11) is 0. The number of para-hydroxylation sites is 1. The number of aromatic nitrogens is 4. The molecule has 5 rings (SSSR count). The smallest absolute Gasteiger partial charge is 0.230 e. The lowest BCUT2D eigenvalue weighted by atomic mass is 10.00. The molecule has 1 aliphatic rings. The number of aromatic amines is 1. The monoisotopic (exact) mass is 379 g/mol. The Bertz CT molecular complexity index is 1090. The second-order valence-electron chi connectivity index (χ2n) is 6.58. The summed E-state index contributed by atoms with van der Waals surface area (Å²) < 4.78 is 6.10. The average Bonchev–Trinajstić information content (AvgIpc) is 3.39. The van der Waals surface area contributed by atoms with Gasteiger partial charge in [0, 0.05) is 24.0 Å². The van der Waals surface area contributed by atoms with Crippen LogP contribution in [0.1, 0.15) is 33.2 Å². The van der Waals surface area contributed by atoms with E-state index >= 15 is 0 Å². The highest BCUT2D eigenvalue weighted by Gasteiger charge is 2.36. The van der Waals surface area contributed by atoms with Gasteiger partial charge in [-0.25, -0.2) is 4.98 Å². The number of furan rings is 1. The second-order valence-corrected chi connectivity index (χ2v) is 7.85. The van der Waals surface area contributed by atoms with Crippen LogP contribution in [0.4, 0.5) is 0 Å². The number of H-pyrrole nitrogens is 1. The Balaban J connectivity index is 1.54. The Morgan fingerprint density at radius 1 is 1.37 bits per heavy atom. The van der Waals surface area contributed by atoms with E-state index in [1.165, 1.54) is 11.3 Å². The number of nitrogens with zero attached hydrogens (tertiary/aromatic N) is 4. The molecule has 0 saturated heterocycles. The van der Waals surface area contributed by atoms with Crippen molar-refractivity contribution in [3.05, 3.63) is 63.8 Å². The predicted octanol–water partition coefficient (Wildman–Crippen LogP) is 3.03. The summed E-state index contributed by atoms with van der Waals surface area (Å²) >= 11 is 1.45. The summed E-state index contributed by atoms with van der Waals surface area (Å²) in [5, 5.41) is 10.7. The highest BCUT2D eigenvalue weighted by Crippen LogP contribution is 2.36. The van der Waals surface area contributed by atoms with Crippen LogP contribution in [0.3, 0.4) is 0 Å². The van der Waals surface area contributed by atoms with E-state index in [0.717, 1.165) is 44.6 Å². The summed E-state index contributed by atoms with van der Waals surface area (Å²) in [5.41, 5.74) is 2.71. The number of hydrogen-bond donors (Lipinski definition) is 1. The first-order valence-electron chi connectivity index (χ1n) is 8.78.